The van der Waals surface area contributed by atoms with Gasteiger partial charge in [-0.1, -0.05) is 24.3 Å². The molecule has 2 atom stereocenters. The number of nitrogens with zero attached hydrogens (tertiary/aromatic N) is 3. The third-order valence-electron chi connectivity index (χ3n) is 3.82. The summed E-state index contributed by atoms with van der Waals surface area (Å²) >= 11 is 0. The number of carbonyl (C=O) groups excluding carboxylic acids is 2. The van der Waals surface area contributed by atoms with Gasteiger partial charge in [0.1, 0.15) is 0 Å². The highest BCUT2D eigenvalue weighted by atomic mass is 16.2. The van der Waals surface area contributed by atoms with Crippen LogP contribution in [0.3, 0.4) is 0 Å². The molecule has 1 aromatic rings. The Labute approximate surface area is 123 Å². The van der Waals surface area contributed by atoms with E-state index < -0.39 is 0 Å². The maximum atomic E-state index is 12.4. The summed E-state index contributed by atoms with van der Waals surface area (Å²) in [6.07, 6.45) is 3.16. The first kappa shape index (κ1) is 14.9. The molecule has 0 aliphatic carbocycles. The predicted octanol–water partition coefficient (Wildman–Crippen LogP) is 1.82. The van der Waals surface area contributed by atoms with Crippen LogP contribution in [0.2, 0.25) is 0 Å². The van der Waals surface area contributed by atoms with Crippen molar-refractivity contribution in [2.24, 2.45) is 11.8 Å². The second kappa shape index (κ2) is 6.77. The smallest absolute Gasteiger partial charge is 0.323 e. The highest BCUT2D eigenvalue weighted by molar-refractivity contribution is 6.26. The van der Waals surface area contributed by atoms with E-state index in [1.54, 1.807) is 23.1 Å². The topological polar surface area (TPSA) is 73.8 Å². The number of amides is 1. The average Bonchev–Trinajstić information content (AvgIpc) is 2.54. The zero-order valence-electron chi connectivity index (χ0n) is 11.7. The summed E-state index contributed by atoms with van der Waals surface area (Å²) in [7, 11) is 0. The third-order valence-corrected chi connectivity index (χ3v) is 3.82. The summed E-state index contributed by atoms with van der Waals surface area (Å²) < 4.78 is 0. The quantitative estimate of drug-likeness (QED) is 0.366. The van der Waals surface area contributed by atoms with Gasteiger partial charge in [0, 0.05) is 30.5 Å². The van der Waals surface area contributed by atoms with E-state index in [9.17, 15) is 9.59 Å². The van der Waals surface area contributed by atoms with E-state index in [-0.39, 0.29) is 23.5 Å². The minimum Gasteiger partial charge on any atom is -0.361 e. The fourth-order valence-corrected chi connectivity index (χ4v) is 2.67. The van der Waals surface area contributed by atoms with E-state index in [1.165, 1.54) is 0 Å². The molecule has 5 heteroatoms. The normalized spacial score (nSPS) is 21.2. The second-order valence-electron chi connectivity index (χ2n) is 5.06. The molecule has 0 saturated carbocycles. The van der Waals surface area contributed by atoms with Crippen LogP contribution in [0.4, 0.5) is 0 Å². The summed E-state index contributed by atoms with van der Waals surface area (Å²) in [6.45, 7) is 4.71. The lowest BCUT2D eigenvalue weighted by atomic mass is 9.82. The van der Waals surface area contributed by atoms with Crippen LogP contribution >= 0.6 is 0 Å². The number of ketones is 1. The molecule has 1 heterocycles. The van der Waals surface area contributed by atoms with Crippen molar-refractivity contribution in [3.8, 4) is 0 Å². The first-order chi connectivity index (χ1) is 10.2. The highest BCUT2D eigenvalue weighted by Gasteiger charge is 2.34. The summed E-state index contributed by atoms with van der Waals surface area (Å²) in [6, 6.07) is 9.07. The van der Waals surface area contributed by atoms with Crippen LogP contribution in [-0.4, -0.2) is 40.7 Å². The molecule has 1 amide bonds. The Kier molecular flexibility index (Phi) is 4.80. The highest BCUT2D eigenvalue weighted by Crippen LogP contribution is 2.26. The first-order valence-corrected chi connectivity index (χ1v) is 6.85. The minimum atomic E-state index is -0.279. The van der Waals surface area contributed by atoms with Crippen LogP contribution in [0.5, 0.6) is 0 Å². The summed E-state index contributed by atoms with van der Waals surface area (Å²) in [5, 5.41) is 0. The number of benzene rings is 1. The van der Waals surface area contributed by atoms with E-state index >= 15 is 0 Å². The van der Waals surface area contributed by atoms with Crippen LogP contribution in [0.1, 0.15) is 16.8 Å². The second-order valence-corrected chi connectivity index (χ2v) is 5.06. The van der Waals surface area contributed by atoms with Crippen LogP contribution in [0, 0.1) is 11.8 Å². The van der Waals surface area contributed by atoms with Crippen molar-refractivity contribution in [3.63, 3.8) is 0 Å². The van der Waals surface area contributed by atoms with Crippen molar-refractivity contribution < 1.29 is 14.4 Å². The van der Waals surface area contributed by atoms with Gasteiger partial charge in [0.15, 0.2) is 0 Å². The Hall–Kier alpha value is -2.52. The van der Waals surface area contributed by atoms with Gasteiger partial charge >= 0.3 is 6.21 Å². The Morgan fingerprint density at radius 3 is 2.67 bits per heavy atom. The molecule has 108 valence electrons. The molecule has 0 N–H and O–H groups in total. The fraction of sp³-hybridized carbons (Fsp3) is 0.312. The number of likely N-dealkylation sites (tertiary alicyclic amines) is 1. The van der Waals surface area contributed by atoms with Crippen molar-refractivity contribution in [2.75, 3.05) is 13.1 Å². The molecule has 1 fully saturated rings. The van der Waals surface area contributed by atoms with Gasteiger partial charge in [0.2, 0.25) is 5.78 Å². The van der Waals surface area contributed by atoms with Crippen molar-refractivity contribution in [1.82, 2.24) is 4.90 Å². The molecule has 2 rings (SSSR count). The summed E-state index contributed by atoms with van der Waals surface area (Å²) in [5.74, 6) is -0.673. The molecular weight excluding hydrogens is 266 g/mol. The molecule has 1 aromatic carbocycles. The van der Waals surface area contributed by atoms with E-state index in [1.807, 2.05) is 18.2 Å². The maximum Gasteiger partial charge on any atom is 0.323 e. The average molecular weight is 283 g/mol. The molecular formula is C16H17N3O2. The number of hydrogen-bond acceptors (Lipinski definition) is 2. The zero-order valence-corrected chi connectivity index (χ0v) is 11.7. The van der Waals surface area contributed by atoms with Crippen molar-refractivity contribution in [1.29, 1.82) is 0 Å². The zero-order chi connectivity index (χ0) is 15.2. The van der Waals surface area contributed by atoms with Crippen molar-refractivity contribution in [2.45, 2.75) is 6.42 Å². The molecule has 0 spiro atoms. The molecule has 0 bridgehead atoms. The monoisotopic (exact) mass is 283 g/mol. The van der Waals surface area contributed by atoms with Gasteiger partial charge in [-0.05, 0) is 18.6 Å². The van der Waals surface area contributed by atoms with Crippen LogP contribution < -0.4 is 0 Å². The van der Waals surface area contributed by atoms with E-state index in [4.69, 9.17) is 5.53 Å². The van der Waals surface area contributed by atoms with Gasteiger partial charge in [-0.15, -0.1) is 6.58 Å². The largest absolute Gasteiger partial charge is 0.361 e. The Bertz CT molecular complexity index is 591. The Balaban J connectivity index is 2.11. The number of Topliss-reactive ketones (excluding diaryl/α,β-unsaturated/α-hetero) is 1. The van der Waals surface area contributed by atoms with E-state index in [0.717, 1.165) is 6.21 Å². The standard InChI is InChI=1S/C16H17N3O2/c1-2-12-11-19(9-8-14(12)15(20)10-18-17)16(21)13-6-4-3-5-7-13/h2-7,10,12,14H,1,8-9,11H2. The third kappa shape index (κ3) is 3.33. The number of carbonyl (C=O) groups is 2. The van der Waals surface area contributed by atoms with E-state index in [2.05, 4.69) is 11.4 Å². The van der Waals surface area contributed by atoms with Crippen LogP contribution in [0.15, 0.2) is 43.0 Å². The number of hydrogen-bond donors (Lipinski definition) is 0. The minimum absolute atomic E-state index is 0.0378. The SMILES string of the molecule is C=CC1CN(C(=O)c2ccccc2)CCC1C(=O)C=[N+]=[N-]. The van der Waals surface area contributed by atoms with E-state index in [0.29, 0.717) is 25.1 Å². The van der Waals surface area contributed by atoms with Gasteiger partial charge in [-0.3, -0.25) is 9.59 Å². The van der Waals surface area contributed by atoms with Crippen LogP contribution in [-0.2, 0) is 4.79 Å². The summed E-state index contributed by atoms with van der Waals surface area (Å²) in [4.78, 5) is 28.8. The number of piperidine rings is 1. The lowest BCUT2D eigenvalue weighted by molar-refractivity contribution is -0.122. The lowest BCUT2D eigenvalue weighted by Crippen LogP contribution is -2.45. The van der Waals surface area contributed by atoms with Gasteiger partial charge < -0.3 is 10.4 Å². The molecule has 2 unspecified atom stereocenters. The predicted molar refractivity (Wildman–Crippen MR) is 78.8 cm³/mol. The van der Waals surface area contributed by atoms with Crippen molar-refractivity contribution in [3.05, 3.63) is 54.1 Å². The van der Waals surface area contributed by atoms with Crippen molar-refractivity contribution >= 4 is 17.9 Å². The molecule has 0 radical (unpaired) electrons. The lowest BCUT2D eigenvalue weighted by Gasteiger charge is -2.35. The molecule has 5 nitrogen and oxygen atoms in total. The number of rotatable bonds is 4. The Morgan fingerprint density at radius 1 is 1.33 bits per heavy atom. The molecule has 1 aliphatic rings. The maximum absolute atomic E-state index is 12.4. The molecule has 1 saturated heterocycles. The van der Waals surface area contributed by atoms with Gasteiger partial charge in [0.05, 0.1) is 0 Å². The van der Waals surface area contributed by atoms with Gasteiger partial charge in [0.25, 0.3) is 5.91 Å². The molecule has 21 heavy (non-hydrogen) atoms. The Morgan fingerprint density at radius 2 is 2.05 bits per heavy atom. The first-order valence-electron chi connectivity index (χ1n) is 6.85. The van der Waals surface area contributed by atoms with Gasteiger partial charge in [-0.2, -0.15) is 4.79 Å². The summed E-state index contributed by atoms with van der Waals surface area (Å²) in [5.41, 5.74) is 9.11. The molecule has 0 aromatic heterocycles. The van der Waals surface area contributed by atoms with Crippen LogP contribution in [0.25, 0.3) is 5.53 Å². The van der Waals surface area contributed by atoms with Gasteiger partial charge in [-0.25, -0.2) is 0 Å². The molecule has 1 aliphatic heterocycles. The fourth-order valence-electron chi connectivity index (χ4n) is 2.67.